The van der Waals surface area contributed by atoms with Gasteiger partial charge in [-0.3, -0.25) is 0 Å². The van der Waals surface area contributed by atoms with Crippen LogP contribution >= 0.6 is 0 Å². The van der Waals surface area contributed by atoms with Gasteiger partial charge in [0.1, 0.15) is 0 Å². The van der Waals surface area contributed by atoms with Crippen molar-refractivity contribution in [1.82, 2.24) is 0 Å². The molecule has 0 aliphatic rings. The van der Waals surface area contributed by atoms with E-state index in [1.165, 1.54) is 7.11 Å². The van der Waals surface area contributed by atoms with Crippen LogP contribution in [0.25, 0.3) is 0 Å². The first-order valence-corrected chi connectivity index (χ1v) is 2.39. The van der Waals surface area contributed by atoms with Crippen molar-refractivity contribution in [2.24, 2.45) is 0 Å². The Kier molecular flexibility index (Phi) is 14.3. The fourth-order valence-corrected chi connectivity index (χ4v) is 0.345. The molecule has 0 aromatic carbocycles. The van der Waals surface area contributed by atoms with Gasteiger partial charge >= 0.3 is 58.2 Å². The molecule has 0 fully saturated rings. The van der Waals surface area contributed by atoms with Crippen LogP contribution in [0, 0.1) is 5.92 Å². The van der Waals surface area contributed by atoms with Crippen LogP contribution in [0.2, 0.25) is 0 Å². The molecule has 3 nitrogen and oxygen atoms in total. The number of hydrogen-bond acceptors (Lipinski definition) is 3. The Bertz CT molecular complexity index is 47.5. The van der Waals surface area contributed by atoms with Crippen LogP contribution in [0.5, 0.6) is 0 Å². The van der Waals surface area contributed by atoms with Gasteiger partial charge < -0.3 is 14.9 Å². The van der Waals surface area contributed by atoms with Gasteiger partial charge in [0.25, 0.3) is 0 Å². The summed E-state index contributed by atoms with van der Waals surface area (Å²) in [5, 5.41) is 16.8. The summed E-state index contributed by atoms with van der Waals surface area (Å²) < 4.78 is 4.63. The first kappa shape index (κ1) is 13.3. The van der Waals surface area contributed by atoms with E-state index < -0.39 is 0 Å². The Morgan fingerprint density at radius 2 is 1.78 bits per heavy atom. The predicted molar refractivity (Wildman–Crippen MR) is 29.3 cm³/mol. The van der Waals surface area contributed by atoms with Crippen molar-refractivity contribution in [3.05, 3.63) is 5.92 Å². The molecule has 0 heterocycles. The van der Waals surface area contributed by atoms with E-state index in [-0.39, 0.29) is 71.4 Å². The third kappa shape index (κ3) is 7.58. The summed E-state index contributed by atoms with van der Waals surface area (Å²) in [6.45, 7) is 0.154. The summed E-state index contributed by atoms with van der Waals surface area (Å²) in [4.78, 5) is 0. The Morgan fingerprint density at radius 3 is 1.89 bits per heavy atom. The first-order valence-electron chi connectivity index (χ1n) is 2.39. The van der Waals surface area contributed by atoms with Crippen molar-refractivity contribution >= 4 is 0 Å². The van der Waals surface area contributed by atoms with Gasteiger partial charge in [-0.1, -0.05) is 19.8 Å². The van der Waals surface area contributed by atoms with Crippen LogP contribution in [-0.4, -0.2) is 37.1 Å². The molecular weight excluding hydrogens is 194 g/mol. The van der Waals surface area contributed by atoms with Crippen LogP contribution < -0.4 is 58.2 Å². The molecule has 0 rings (SSSR count). The largest absolute Gasteiger partial charge is 1.00 e. The molecule has 0 unspecified atom stereocenters. The van der Waals surface area contributed by atoms with Crippen molar-refractivity contribution in [3.8, 4) is 0 Å². The number of rotatable bonds is 4. The van der Waals surface area contributed by atoms with Crippen LogP contribution in [0.3, 0.4) is 0 Å². The minimum absolute atomic E-state index is 0. The average Bonchev–Trinajstić information content (AvgIpc) is 1.83. The molecule has 0 bridgehead atoms. The molecule has 0 amide bonds. The Balaban J connectivity index is 0. The van der Waals surface area contributed by atoms with E-state index in [1.54, 1.807) is 0 Å². The SMILES string of the molecule is COC[C-](CO)CO.[Rb+]. The second kappa shape index (κ2) is 9.69. The molecule has 0 atom stereocenters. The summed E-state index contributed by atoms with van der Waals surface area (Å²) in [6.07, 6.45) is 0. The van der Waals surface area contributed by atoms with Gasteiger partial charge in [-0.05, 0) is 0 Å². The van der Waals surface area contributed by atoms with E-state index in [1.807, 2.05) is 0 Å². The Morgan fingerprint density at radius 1 is 1.33 bits per heavy atom. The smallest absolute Gasteiger partial charge is 0.428 e. The molecular formula is C5H11O3Rb. The minimum Gasteiger partial charge on any atom is -0.428 e. The van der Waals surface area contributed by atoms with E-state index in [2.05, 4.69) is 4.74 Å². The van der Waals surface area contributed by atoms with E-state index in [0.29, 0.717) is 12.5 Å². The van der Waals surface area contributed by atoms with Crippen molar-refractivity contribution in [2.75, 3.05) is 26.9 Å². The van der Waals surface area contributed by atoms with Crippen LogP contribution in [0.1, 0.15) is 0 Å². The quantitative estimate of drug-likeness (QED) is 0.462. The monoisotopic (exact) mass is 204 g/mol. The molecule has 0 saturated heterocycles. The first-order chi connectivity index (χ1) is 3.85. The fourth-order valence-electron chi connectivity index (χ4n) is 0.345. The van der Waals surface area contributed by atoms with E-state index in [4.69, 9.17) is 10.2 Å². The van der Waals surface area contributed by atoms with Crippen LogP contribution in [-0.2, 0) is 4.74 Å². The number of ether oxygens (including phenoxy) is 1. The fraction of sp³-hybridized carbons (Fsp3) is 0.800. The van der Waals surface area contributed by atoms with Crippen LogP contribution in [0.4, 0.5) is 0 Å². The Labute approximate surface area is 104 Å². The van der Waals surface area contributed by atoms with Gasteiger partial charge in [-0.2, -0.15) is 0 Å². The normalized spacial score (nSPS) is 9.33. The van der Waals surface area contributed by atoms with E-state index in [9.17, 15) is 0 Å². The second-order valence-corrected chi connectivity index (χ2v) is 1.50. The maximum atomic E-state index is 8.38. The Hall–Kier alpha value is 1.69. The van der Waals surface area contributed by atoms with Gasteiger partial charge in [0, 0.05) is 7.11 Å². The summed E-state index contributed by atoms with van der Waals surface area (Å²) in [5.74, 6) is 0.604. The molecule has 0 aliphatic carbocycles. The zero-order valence-corrected chi connectivity index (χ0v) is 10.8. The summed E-state index contributed by atoms with van der Waals surface area (Å²) in [6, 6.07) is 0. The molecule has 0 radical (unpaired) electrons. The third-order valence-corrected chi connectivity index (χ3v) is 0.796. The van der Waals surface area contributed by atoms with Crippen molar-refractivity contribution in [1.29, 1.82) is 0 Å². The maximum Gasteiger partial charge on any atom is 1.00 e. The molecule has 0 spiro atoms. The predicted octanol–water partition coefficient (Wildman–Crippen LogP) is -3.80. The number of hydrogen-bond donors (Lipinski definition) is 2. The summed E-state index contributed by atoms with van der Waals surface area (Å²) in [7, 11) is 1.52. The molecule has 0 aromatic rings. The van der Waals surface area contributed by atoms with Crippen LogP contribution in [0.15, 0.2) is 0 Å². The molecule has 0 saturated carbocycles. The topological polar surface area (TPSA) is 49.7 Å². The number of methoxy groups -OCH3 is 1. The molecule has 2 N–H and O–H groups in total. The summed E-state index contributed by atoms with van der Waals surface area (Å²) >= 11 is 0. The van der Waals surface area contributed by atoms with Crippen molar-refractivity contribution < 1.29 is 73.1 Å². The molecule has 0 aliphatic heterocycles. The molecule has 50 valence electrons. The maximum absolute atomic E-state index is 8.38. The zero-order chi connectivity index (χ0) is 6.41. The van der Waals surface area contributed by atoms with Crippen molar-refractivity contribution in [3.63, 3.8) is 0 Å². The minimum atomic E-state index is -0.0929. The molecule has 9 heavy (non-hydrogen) atoms. The second-order valence-electron chi connectivity index (χ2n) is 1.50. The molecule has 4 heteroatoms. The zero-order valence-electron chi connectivity index (χ0n) is 5.92. The number of aliphatic hydroxyl groups excluding tert-OH is 2. The van der Waals surface area contributed by atoms with Gasteiger partial charge in [-0.25, -0.2) is 5.92 Å². The van der Waals surface area contributed by atoms with Gasteiger partial charge in [0.15, 0.2) is 0 Å². The van der Waals surface area contributed by atoms with Gasteiger partial charge in [-0.15, -0.1) is 0 Å². The average molecular weight is 205 g/mol. The third-order valence-electron chi connectivity index (χ3n) is 0.796. The van der Waals surface area contributed by atoms with Gasteiger partial charge in [0.2, 0.25) is 0 Å². The summed E-state index contributed by atoms with van der Waals surface area (Å²) in [5.41, 5.74) is 0. The molecule has 0 aromatic heterocycles. The van der Waals surface area contributed by atoms with Gasteiger partial charge in [0.05, 0.1) is 0 Å². The van der Waals surface area contributed by atoms with E-state index >= 15 is 0 Å². The van der Waals surface area contributed by atoms with E-state index in [0.717, 1.165) is 0 Å². The standard InChI is InChI=1S/C5H11O3.Rb/c1-8-4-5(2-6)3-7;/h6-7H,2-4H2,1H3;/q-1;+1. The number of aliphatic hydroxyl groups is 2. The van der Waals surface area contributed by atoms with Crippen molar-refractivity contribution in [2.45, 2.75) is 0 Å².